The van der Waals surface area contributed by atoms with Crippen LogP contribution < -0.4 is 14.9 Å². The summed E-state index contributed by atoms with van der Waals surface area (Å²) in [5, 5.41) is 5.07. The van der Waals surface area contributed by atoms with Crippen molar-refractivity contribution in [3.63, 3.8) is 0 Å². The summed E-state index contributed by atoms with van der Waals surface area (Å²) in [4.78, 5) is 16.4. The van der Waals surface area contributed by atoms with E-state index in [0.717, 1.165) is 9.86 Å². The Kier molecular flexibility index (Phi) is 4.48. The Morgan fingerprint density at radius 3 is 2.69 bits per heavy atom. The van der Waals surface area contributed by atoms with Crippen molar-refractivity contribution in [3.8, 4) is 11.5 Å². The number of ether oxygens (including phenoxy) is 2. The third-order valence-corrected chi connectivity index (χ3v) is 4.60. The molecule has 1 aliphatic heterocycles. The Balaban J connectivity index is 1.55. The van der Waals surface area contributed by atoms with Crippen LogP contribution in [0.4, 0.5) is 0 Å². The van der Waals surface area contributed by atoms with Gasteiger partial charge < -0.3 is 9.47 Å². The Bertz CT molecular complexity index is 1040. The number of halogens is 2. The molecule has 0 saturated carbocycles. The van der Waals surface area contributed by atoms with Crippen LogP contribution in [0, 0.1) is 0 Å². The molecule has 130 valence electrons. The minimum absolute atomic E-state index is 0.190. The Hall–Kier alpha value is -2.64. The maximum Gasteiger partial charge on any atom is 0.271 e. The summed E-state index contributed by atoms with van der Waals surface area (Å²) >= 11 is 9.54. The molecule has 0 saturated heterocycles. The molecule has 0 radical (unpaired) electrons. The highest BCUT2D eigenvalue weighted by Gasteiger charge is 2.15. The Morgan fingerprint density at radius 1 is 1.19 bits per heavy atom. The molecule has 0 atom stereocenters. The zero-order valence-electron chi connectivity index (χ0n) is 13.2. The highest BCUT2D eigenvalue weighted by atomic mass is 79.9. The van der Waals surface area contributed by atoms with Crippen molar-refractivity contribution >= 4 is 50.6 Å². The van der Waals surface area contributed by atoms with E-state index in [0.29, 0.717) is 28.1 Å². The van der Waals surface area contributed by atoms with E-state index < -0.39 is 0 Å². The minimum atomic E-state index is -0.318. The standard InChI is InChI=1S/C18H11BrClN3O3/c19-13-3-1-10(2-4-13)18(24)23-21-8-12-5-11-6-15-16(26-9-25-15)7-14(11)22-17(12)20/h1-8H,9H2,(H,23,24). The molecular weight excluding hydrogens is 422 g/mol. The van der Waals surface area contributed by atoms with Gasteiger partial charge >= 0.3 is 0 Å². The molecule has 26 heavy (non-hydrogen) atoms. The van der Waals surface area contributed by atoms with Gasteiger partial charge in [-0.3, -0.25) is 4.79 Å². The molecule has 1 aliphatic rings. The predicted molar refractivity (Wildman–Crippen MR) is 102 cm³/mol. The van der Waals surface area contributed by atoms with Gasteiger partial charge in [0.25, 0.3) is 5.91 Å². The number of pyridine rings is 1. The van der Waals surface area contributed by atoms with Crippen LogP contribution in [-0.2, 0) is 0 Å². The van der Waals surface area contributed by atoms with Crippen molar-refractivity contribution in [1.29, 1.82) is 0 Å². The summed E-state index contributed by atoms with van der Waals surface area (Å²) in [6.45, 7) is 0.190. The van der Waals surface area contributed by atoms with Gasteiger partial charge in [0.15, 0.2) is 11.5 Å². The van der Waals surface area contributed by atoms with Crippen molar-refractivity contribution in [2.45, 2.75) is 0 Å². The smallest absolute Gasteiger partial charge is 0.271 e. The fourth-order valence-electron chi connectivity index (χ4n) is 2.47. The van der Waals surface area contributed by atoms with Crippen LogP contribution >= 0.6 is 27.5 Å². The summed E-state index contributed by atoms with van der Waals surface area (Å²) in [7, 11) is 0. The lowest BCUT2D eigenvalue weighted by atomic mass is 10.1. The first kappa shape index (κ1) is 16.8. The van der Waals surface area contributed by atoms with Crippen LogP contribution in [-0.4, -0.2) is 23.9 Å². The molecule has 3 aromatic rings. The summed E-state index contributed by atoms with van der Waals surface area (Å²) in [5.41, 5.74) is 4.24. The van der Waals surface area contributed by atoms with E-state index in [4.69, 9.17) is 21.1 Å². The van der Waals surface area contributed by atoms with Gasteiger partial charge in [-0.05, 0) is 36.4 Å². The molecule has 6 nitrogen and oxygen atoms in total. The molecule has 1 N–H and O–H groups in total. The van der Waals surface area contributed by atoms with Gasteiger partial charge in [0.05, 0.1) is 11.7 Å². The molecule has 1 amide bonds. The lowest BCUT2D eigenvalue weighted by molar-refractivity contribution is 0.0955. The lowest BCUT2D eigenvalue weighted by Crippen LogP contribution is -2.17. The van der Waals surface area contributed by atoms with Crippen LogP contribution in [0.5, 0.6) is 11.5 Å². The average molecular weight is 433 g/mol. The van der Waals surface area contributed by atoms with Gasteiger partial charge in [-0.15, -0.1) is 0 Å². The van der Waals surface area contributed by atoms with Crippen LogP contribution in [0.1, 0.15) is 15.9 Å². The van der Waals surface area contributed by atoms with E-state index in [1.807, 2.05) is 12.1 Å². The van der Waals surface area contributed by atoms with Crippen molar-refractivity contribution in [2.24, 2.45) is 5.10 Å². The first-order valence-electron chi connectivity index (χ1n) is 7.59. The van der Waals surface area contributed by atoms with E-state index in [1.165, 1.54) is 6.21 Å². The van der Waals surface area contributed by atoms with Crippen LogP contribution in [0.2, 0.25) is 5.15 Å². The summed E-state index contributed by atoms with van der Waals surface area (Å²) in [6, 6.07) is 12.4. The average Bonchev–Trinajstić information content (AvgIpc) is 3.08. The van der Waals surface area contributed by atoms with Crippen LogP contribution in [0.15, 0.2) is 52.0 Å². The monoisotopic (exact) mass is 431 g/mol. The third-order valence-electron chi connectivity index (χ3n) is 3.77. The van der Waals surface area contributed by atoms with E-state index in [2.05, 4.69) is 31.4 Å². The number of nitrogens with one attached hydrogen (secondary N) is 1. The summed E-state index contributed by atoms with van der Waals surface area (Å²) in [6.07, 6.45) is 1.45. The quantitative estimate of drug-likeness (QED) is 0.383. The van der Waals surface area contributed by atoms with Crippen LogP contribution in [0.3, 0.4) is 0 Å². The predicted octanol–water partition coefficient (Wildman–Crippen LogP) is 4.14. The first-order chi connectivity index (χ1) is 12.6. The lowest BCUT2D eigenvalue weighted by Gasteiger charge is -2.04. The molecule has 0 bridgehead atoms. The van der Waals surface area contributed by atoms with Crippen LogP contribution in [0.25, 0.3) is 10.9 Å². The number of hydrogen-bond donors (Lipinski definition) is 1. The maximum atomic E-state index is 12.1. The number of carbonyl (C=O) groups excluding carboxylic acids is 1. The molecule has 0 spiro atoms. The molecular formula is C18H11BrClN3O3. The van der Waals surface area contributed by atoms with Crippen molar-refractivity contribution in [2.75, 3.05) is 6.79 Å². The third kappa shape index (κ3) is 3.36. The van der Waals surface area contributed by atoms with E-state index in [9.17, 15) is 4.79 Å². The minimum Gasteiger partial charge on any atom is -0.454 e. The number of hydrogen-bond acceptors (Lipinski definition) is 5. The van der Waals surface area contributed by atoms with Crippen molar-refractivity contribution in [1.82, 2.24) is 10.4 Å². The van der Waals surface area contributed by atoms with Crippen molar-refractivity contribution < 1.29 is 14.3 Å². The number of benzene rings is 2. The van der Waals surface area contributed by atoms with E-state index in [1.54, 1.807) is 30.3 Å². The van der Waals surface area contributed by atoms with E-state index in [-0.39, 0.29) is 17.9 Å². The molecule has 1 aromatic heterocycles. The van der Waals surface area contributed by atoms with Gasteiger partial charge in [0, 0.05) is 27.1 Å². The first-order valence-corrected chi connectivity index (χ1v) is 8.76. The van der Waals surface area contributed by atoms with Gasteiger partial charge in [0.1, 0.15) is 5.15 Å². The molecule has 2 aromatic carbocycles. The summed E-state index contributed by atoms with van der Waals surface area (Å²) in [5.74, 6) is 0.985. The number of fused-ring (bicyclic) bond motifs is 2. The Labute approximate surface area is 161 Å². The SMILES string of the molecule is O=C(NN=Cc1cc2cc3c(cc2nc1Cl)OCO3)c1ccc(Br)cc1. The number of aromatic nitrogens is 1. The fraction of sp³-hybridized carbons (Fsp3) is 0.0556. The van der Waals surface area contributed by atoms with Gasteiger partial charge in [0.2, 0.25) is 6.79 Å². The van der Waals surface area contributed by atoms with Crippen molar-refractivity contribution in [3.05, 3.63) is 63.2 Å². The summed E-state index contributed by atoms with van der Waals surface area (Å²) < 4.78 is 11.6. The number of carbonyl (C=O) groups is 1. The zero-order chi connectivity index (χ0) is 18.1. The van der Waals surface area contributed by atoms with E-state index >= 15 is 0 Å². The molecule has 4 rings (SSSR count). The van der Waals surface area contributed by atoms with Gasteiger partial charge in [-0.2, -0.15) is 5.10 Å². The topological polar surface area (TPSA) is 72.8 Å². The number of hydrazone groups is 1. The second kappa shape index (κ2) is 6.93. The number of amides is 1. The molecule has 0 aliphatic carbocycles. The number of rotatable bonds is 3. The number of nitrogens with zero attached hydrogens (tertiary/aromatic N) is 2. The molecule has 0 unspecified atom stereocenters. The van der Waals surface area contributed by atoms with Gasteiger partial charge in [-0.1, -0.05) is 27.5 Å². The second-order valence-corrected chi connectivity index (χ2v) is 6.75. The zero-order valence-corrected chi connectivity index (χ0v) is 15.5. The fourth-order valence-corrected chi connectivity index (χ4v) is 2.93. The highest BCUT2D eigenvalue weighted by Crippen LogP contribution is 2.36. The van der Waals surface area contributed by atoms with Gasteiger partial charge in [-0.25, -0.2) is 10.4 Å². The maximum absolute atomic E-state index is 12.1. The molecule has 0 fully saturated rings. The molecule has 8 heteroatoms. The normalized spacial score (nSPS) is 12.7. The largest absolute Gasteiger partial charge is 0.454 e. The molecule has 2 heterocycles. The second-order valence-electron chi connectivity index (χ2n) is 5.47. The highest BCUT2D eigenvalue weighted by molar-refractivity contribution is 9.10. The Morgan fingerprint density at radius 2 is 1.92 bits per heavy atom.